The molecule has 2 aromatic rings. The number of hydrogen-bond donors (Lipinski definition) is 1. The van der Waals surface area contributed by atoms with Gasteiger partial charge in [-0.25, -0.2) is 9.18 Å². The van der Waals surface area contributed by atoms with Crippen LogP contribution < -0.4 is 5.32 Å². The molecular weight excluding hydrogens is 331 g/mol. The van der Waals surface area contributed by atoms with E-state index in [4.69, 9.17) is 4.74 Å². The van der Waals surface area contributed by atoms with Crippen LogP contribution in [0.1, 0.15) is 28.9 Å². The molecule has 0 aliphatic heterocycles. The molecule has 2 aromatic carbocycles. The molecule has 0 fully saturated rings. The maximum atomic E-state index is 12.9. The van der Waals surface area contributed by atoms with Crippen molar-refractivity contribution in [2.75, 3.05) is 6.61 Å². The highest BCUT2D eigenvalue weighted by molar-refractivity contribution is 5.91. The molecular formula is C17H15FN2O5. The molecule has 0 radical (unpaired) electrons. The molecule has 0 spiro atoms. The number of nitrogens with zero attached hydrogens (tertiary/aromatic N) is 1. The molecule has 130 valence electrons. The number of carbonyl (C=O) groups is 2. The van der Waals surface area contributed by atoms with Crippen molar-refractivity contribution in [3.63, 3.8) is 0 Å². The van der Waals surface area contributed by atoms with E-state index in [9.17, 15) is 24.1 Å². The summed E-state index contributed by atoms with van der Waals surface area (Å²) in [6, 6.07) is 10.3. The van der Waals surface area contributed by atoms with Crippen molar-refractivity contribution >= 4 is 17.6 Å². The average Bonchev–Trinajstić information content (AvgIpc) is 2.60. The van der Waals surface area contributed by atoms with Crippen LogP contribution in [0.3, 0.4) is 0 Å². The van der Waals surface area contributed by atoms with Crippen molar-refractivity contribution in [2.24, 2.45) is 0 Å². The Morgan fingerprint density at radius 3 is 2.56 bits per heavy atom. The van der Waals surface area contributed by atoms with Crippen molar-refractivity contribution < 1.29 is 23.6 Å². The molecule has 0 unspecified atom stereocenters. The Labute approximate surface area is 142 Å². The fraction of sp³-hybridized carbons (Fsp3) is 0.176. The van der Waals surface area contributed by atoms with E-state index in [0.717, 1.165) is 6.07 Å². The summed E-state index contributed by atoms with van der Waals surface area (Å²) in [5.41, 5.74) is 0.428. The summed E-state index contributed by atoms with van der Waals surface area (Å²) in [6.45, 7) is 1.17. The molecule has 8 heteroatoms. The smallest absolute Gasteiger partial charge is 0.338 e. The number of rotatable bonds is 6. The van der Waals surface area contributed by atoms with Crippen LogP contribution in [0.15, 0.2) is 48.5 Å². The fourth-order valence-electron chi connectivity index (χ4n) is 2.08. The van der Waals surface area contributed by atoms with Crippen LogP contribution in [0.2, 0.25) is 0 Å². The van der Waals surface area contributed by atoms with Crippen LogP contribution in [-0.4, -0.2) is 23.4 Å². The number of halogens is 1. The van der Waals surface area contributed by atoms with Gasteiger partial charge in [-0.05, 0) is 30.7 Å². The number of esters is 1. The van der Waals surface area contributed by atoms with Crippen LogP contribution in [0.5, 0.6) is 0 Å². The summed E-state index contributed by atoms with van der Waals surface area (Å²) in [5.74, 6) is -1.77. The maximum Gasteiger partial charge on any atom is 0.338 e. The first-order valence-electron chi connectivity index (χ1n) is 7.33. The summed E-state index contributed by atoms with van der Waals surface area (Å²) in [4.78, 5) is 33.7. The predicted octanol–water partition coefficient (Wildman–Crippen LogP) is 2.77. The zero-order valence-electron chi connectivity index (χ0n) is 13.3. The molecule has 0 aliphatic carbocycles. The van der Waals surface area contributed by atoms with Gasteiger partial charge in [0.05, 0.1) is 16.5 Å². The summed E-state index contributed by atoms with van der Waals surface area (Å²) < 4.78 is 17.7. The van der Waals surface area contributed by atoms with Gasteiger partial charge in [0.2, 0.25) is 0 Å². The molecule has 0 saturated carbocycles. The second kappa shape index (κ2) is 8.00. The van der Waals surface area contributed by atoms with E-state index >= 15 is 0 Å². The van der Waals surface area contributed by atoms with Gasteiger partial charge in [0.15, 0.2) is 6.61 Å². The molecule has 0 heterocycles. The molecule has 2 rings (SSSR count). The van der Waals surface area contributed by atoms with Crippen molar-refractivity contribution in [1.29, 1.82) is 0 Å². The topological polar surface area (TPSA) is 98.5 Å². The predicted molar refractivity (Wildman–Crippen MR) is 86.3 cm³/mol. The molecule has 0 aromatic heterocycles. The van der Waals surface area contributed by atoms with Gasteiger partial charge in [-0.2, -0.15) is 0 Å². The quantitative estimate of drug-likeness (QED) is 0.493. The highest BCUT2D eigenvalue weighted by Gasteiger charge is 2.15. The van der Waals surface area contributed by atoms with Gasteiger partial charge in [0, 0.05) is 12.1 Å². The van der Waals surface area contributed by atoms with Crippen LogP contribution in [0.25, 0.3) is 0 Å². The number of ether oxygens (including phenoxy) is 1. The molecule has 1 atom stereocenters. The second-order valence-electron chi connectivity index (χ2n) is 5.22. The van der Waals surface area contributed by atoms with E-state index in [-0.39, 0.29) is 17.1 Å². The van der Waals surface area contributed by atoms with E-state index in [0.29, 0.717) is 5.56 Å². The summed E-state index contributed by atoms with van der Waals surface area (Å²) in [6.07, 6.45) is 0. The Morgan fingerprint density at radius 2 is 1.92 bits per heavy atom. The number of nitrogens with one attached hydrogen (secondary N) is 1. The maximum absolute atomic E-state index is 12.9. The SMILES string of the molecule is C[C@@H](NC(=O)COC(=O)c1cccc([N+](=O)[O-])c1)c1ccc(F)cc1. The summed E-state index contributed by atoms with van der Waals surface area (Å²) in [5, 5.41) is 13.3. The van der Waals surface area contributed by atoms with Gasteiger partial charge in [-0.1, -0.05) is 18.2 Å². The third-order valence-corrected chi connectivity index (χ3v) is 3.37. The third-order valence-electron chi connectivity index (χ3n) is 3.37. The third kappa shape index (κ3) is 5.10. The number of nitro benzene ring substituents is 1. The number of nitro groups is 1. The molecule has 0 bridgehead atoms. The first kappa shape index (κ1) is 18.1. The standard InChI is InChI=1S/C17H15FN2O5/c1-11(12-5-7-14(18)8-6-12)19-16(21)10-25-17(22)13-3-2-4-15(9-13)20(23)24/h2-9,11H,10H2,1H3,(H,19,21)/t11-/m1/s1. The molecule has 1 amide bonds. The first-order valence-corrected chi connectivity index (χ1v) is 7.33. The normalized spacial score (nSPS) is 11.4. The number of non-ortho nitro benzene ring substituents is 1. The van der Waals surface area contributed by atoms with Crippen LogP contribution in [0, 0.1) is 15.9 Å². The second-order valence-corrected chi connectivity index (χ2v) is 5.22. The van der Waals surface area contributed by atoms with E-state index < -0.39 is 29.4 Å². The summed E-state index contributed by atoms with van der Waals surface area (Å²) >= 11 is 0. The van der Waals surface area contributed by atoms with Crippen LogP contribution in [0.4, 0.5) is 10.1 Å². The number of amides is 1. The number of hydrogen-bond acceptors (Lipinski definition) is 5. The molecule has 7 nitrogen and oxygen atoms in total. The van der Waals surface area contributed by atoms with Gasteiger partial charge < -0.3 is 10.1 Å². The largest absolute Gasteiger partial charge is 0.452 e. The van der Waals surface area contributed by atoms with E-state index in [1.54, 1.807) is 6.92 Å². The minimum Gasteiger partial charge on any atom is -0.452 e. The molecule has 1 N–H and O–H groups in total. The van der Waals surface area contributed by atoms with E-state index in [1.807, 2.05) is 0 Å². The Morgan fingerprint density at radius 1 is 1.24 bits per heavy atom. The fourth-order valence-corrected chi connectivity index (χ4v) is 2.08. The molecule has 0 saturated heterocycles. The summed E-state index contributed by atoms with van der Waals surface area (Å²) in [7, 11) is 0. The number of carbonyl (C=O) groups excluding carboxylic acids is 2. The van der Waals surface area contributed by atoms with Gasteiger partial charge in [-0.3, -0.25) is 14.9 Å². The zero-order chi connectivity index (χ0) is 18.4. The highest BCUT2D eigenvalue weighted by atomic mass is 19.1. The monoisotopic (exact) mass is 346 g/mol. The van der Waals surface area contributed by atoms with Gasteiger partial charge >= 0.3 is 5.97 Å². The highest BCUT2D eigenvalue weighted by Crippen LogP contribution is 2.14. The van der Waals surface area contributed by atoms with Gasteiger partial charge in [0.25, 0.3) is 11.6 Å². The Hall–Kier alpha value is -3.29. The first-order chi connectivity index (χ1) is 11.9. The van der Waals surface area contributed by atoms with Gasteiger partial charge in [-0.15, -0.1) is 0 Å². The average molecular weight is 346 g/mol. The van der Waals surface area contributed by atoms with Gasteiger partial charge in [0.1, 0.15) is 5.82 Å². The number of benzene rings is 2. The molecule has 25 heavy (non-hydrogen) atoms. The Bertz CT molecular complexity index is 792. The van der Waals surface area contributed by atoms with E-state index in [1.165, 1.54) is 42.5 Å². The minimum absolute atomic E-state index is 0.0198. The molecule has 0 aliphatic rings. The van der Waals surface area contributed by atoms with Crippen LogP contribution in [-0.2, 0) is 9.53 Å². The Kier molecular flexibility index (Phi) is 5.78. The Balaban J connectivity index is 1.89. The van der Waals surface area contributed by atoms with Crippen molar-refractivity contribution in [3.8, 4) is 0 Å². The van der Waals surface area contributed by atoms with Crippen molar-refractivity contribution in [2.45, 2.75) is 13.0 Å². The van der Waals surface area contributed by atoms with E-state index in [2.05, 4.69) is 5.32 Å². The lowest BCUT2D eigenvalue weighted by molar-refractivity contribution is -0.384. The minimum atomic E-state index is -0.840. The zero-order valence-corrected chi connectivity index (χ0v) is 13.3. The van der Waals surface area contributed by atoms with Crippen molar-refractivity contribution in [3.05, 3.63) is 75.6 Å². The lowest BCUT2D eigenvalue weighted by atomic mass is 10.1. The van der Waals surface area contributed by atoms with Crippen molar-refractivity contribution in [1.82, 2.24) is 5.32 Å². The lowest BCUT2D eigenvalue weighted by Crippen LogP contribution is -2.31. The lowest BCUT2D eigenvalue weighted by Gasteiger charge is -2.14. The van der Waals surface area contributed by atoms with Crippen LogP contribution >= 0.6 is 0 Å².